The van der Waals surface area contributed by atoms with E-state index in [1.165, 1.54) is 11.0 Å². The average molecular weight is 293 g/mol. The molecule has 1 heterocycles. The molecular weight excluding hydrogens is 270 g/mol. The van der Waals surface area contributed by atoms with E-state index in [2.05, 4.69) is 10.6 Å². The predicted octanol–water partition coefficient (Wildman–Crippen LogP) is 1.24. The van der Waals surface area contributed by atoms with Gasteiger partial charge in [-0.3, -0.25) is 14.5 Å². The normalized spacial score (nSPS) is 16.6. The van der Waals surface area contributed by atoms with Gasteiger partial charge >= 0.3 is 0 Å². The van der Waals surface area contributed by atoms with E-state index in [1.807, 2.05) is 6.92 Å². The van der Waals surface area contributed by atoms with Crippen LogP contribution in [0.2, 0.25) is 0 Å². The fourth-order valence-corrected chi connectivity index (χ4v) is 1.75. The lowest BCUT2D eigenvalue weighted by molar-refractivity contribution is -0.150. The van der Waals surface area contributed by atoms with Crippen LogP contribution >= 0.6 is 0 Å². The molecule has 0 aromatic rings. The summed E-state index contributed by atoms with van der Waals surface area (Å²) in [5.41, 5.74) is -0.365. The molecule has 0 fully saturated rings. The van der Waals surface area contributed by atoms with Crippen molar-refractivity contribution < 1.29 is 14.3 Å². The zero-order valence-corrected chi connectivity index (χ0v) is 13.2. The van der Waals surface area contributed by atoms with Crippen molar-refractivity contribution in [2.24, 2.45) is 0 Å². The third kappa shape index (κ3) is 4.11. The topological polar surface area (TPSA) is 70.7 Å². The van der Waals surface area contributed by atoms with Crippen LogP contribution in [0.4, 0.5) is 0 Å². The Bertz CT molecular complexity index is 504. The van der Waals surface area contributed by atoms with Crippen LogP contribution in [0.25, 0.3) is 0 Å². The number of hydrogen-bond donors (Lipinski definition) is 2. The van der Waals surface area contributed by atoms with Crippen molar-refractivity contribution in [1.29, 1.82) is 0 Å². The van der Waals surface area contributed by atoms with E-state index >= 15 is 0 Å². The van der Waals surface area contributed by atoms with Crippen LogP contribution in [0.5, 0.6) is 0 Å². The molecule has 0 bridgehead atoms. The number of carbonyl (C=O) groups is 2. The van der Waals surface area contributed by atoms with E-state index in [1.54, 1.807) is 46.2 Å². The Morgan fingerprint density at radius 1 is 1.48 bits per heavy atom. The van der Waals surface area contributed by atoms with Gasteiger partial charge in [-0.2, -0.15) is 0 Å². The maximum absolute atomic E-state index is 12.4. The molecule has 6 heteroatoms. The van der Waals surface area contributed by atoms with E-state index in [-0.39, 0.29) is 18.5 Å². The Hall–Kier alpha value is -2.24. The second-order valence-corrected chi connectivity index (χ2v) is 5.17. The number of rotatable bonds is 5. The highest BCUT2D eigenvalue weighted by atomic mass is 16.5. The van der Waals surface area contributed by atoms with E-state index in [0.717, 1.165) is 0 Å². The molecule has 6 nitrogen and oxygen atoms in total. The van der Waals surface area contributed by atoms with Gasteiger partial charge in [0.15, 0.2) is 6.73 Å². The van der Waals surface area contributed by atoms with Crippen LogP contribution in [-0.4, -0.2) is 36.0 Å². The van der Waals surface area contributed by atoms with Gasteiger partial charge in [0.05, 0.1) is 0 Å². The summed E-state index contributed by atoms with van der Waals surface area (Å²) in [6.45, 7) is 6.98. The van der Waals surface area contributed by atoms with Gasteiger partial charge in [-0.15, -0.1) is 0 Å². The fraction of sp³-hybridized carbons (Fsp3) is 0.467. The number of amides is 2. The molecule has 0 spiro atoms. The molecule has 2 amide bonds. The van der Waals surface area contributed by atoms with Gasteiger partial charge in [-0.25, -0.2) is 0 Å². The van der Waals surface area contributed by atoms with E-state index in [0.29, 0.717) is 11.5 Å². The lowest BCUT2D eigenvalue weighted by Crippen LogP contribution is -2.58. The molecule has 0 saturated carbocycles. The van der Waals surface area contributed by atoms with Gasteiger partial charge in [-0.1, -0.05) is 6.08 Å². The Labute approximate surface area is 125 Å². The molecule has 0 aliphatic carbocycles. The lowest BCUT2D eigenvalue weighted by atomic mass is 10.0. The maximum Gasteiger partial charge on any atom is 0.253 e. The first kappa shape index (κ1) is 16.8. The van der Waals surface area contributed by atoms with Crippen LogP contribution in [0.1, 0.15) is 27.7 Å². The van der Waals surface area contributed by atoms with Crippen LogP contribution in [0.15, 0.2) is 35.9 Å². The quantitative estimate of drug-likeness (QED) is 0.748. The minimum atomic E-state index is -1.02. The first-order valence-corrected chi connectivity index (χ1v) is 6.77. The molecule has 21 heavy (non-hydrogen) atoms. The molecule has 1 rings (SSSR count). The van der Waals surface area contributed by atoms with Crippen LogP contribution in [0.3, 0.4) is 0 Å². The second kappa shape index (κ2) is 6.97. The number of ether oxygens (including phenoxy) is 1. The summed E-state index contributed by atoms with van der Waals surface area (Å²) in [4.78, 5) is 25.9. The van der Waals surface area contributed by atoms with Crippen molar-refractivity contribution in [2.45, 2.75) is 33.2 Å². The third-order valence-electron chi connectivity index (χ3n) is 3.24. The smallest absolute Gasteiger partial charge is 0.253 e. The zero-order valence-electron chi connectivity index (χ0n) is 13.2. The summed E-state index contributed by atoms with van der Waals surface area (Å²) < 4.78 is 5.34. The Morgan fingerprint density at radius 2 is 2.14 bits per heavy atom. The third-order valence-corrected chi connectivity index (χ3v) is 3.24. The fourth-order valence-electron chi connectivity index (χ4n) is 1.75. The molecule has 0 radical (unpaired) electrons. The van der Waals surface area contributed by atoms with Gasteiger partial charge in [-0.05, 0) is 40.0 Å². The highest BCUT2D eigenvalue weighted by Crippen LogP contribution is 2.20. The van der Waals surface area contributed by atoms with E-state index < -0.39 is 5.54 Å². The van der Waals surface area contributed by atoms with E-state index in [9.17, 15) is 9.59 Å². The van der Waals surface area contributed by atoms with Crippen LogP contribution in [0, 0.1) is 0 Å². The minimum Gasteiger partial charge on any atom is -0.477 e. The van der Waals surface area contributed by atoms with Crippen molar-refractivity contribution in [3.63, 3.8) is 0 Å². The van der Waals surface area contributed by atoms with Gasteiger partial charge in [0.1, 0.15) is 11.3 Å². The van der Waals surface area contributed by atoms with Crippen LogP contribution < -0.4 is 10.6 Å². The Morgan fingerprint density at radius 3 is 2.67 bits per heavy atom. The van der Waals surface area contributed by atoms with Gasteiger partial charge in [0, 0.05) is 18.8 Å². The highest BCUT2D eigenvalue weighted by molar-refractivity contribution is 5.96. The SMILES string of the molecule is C/C=C(\C=C/NC)NC(=O)C(C)(C)N1COC(C)=CC1=O. The van der Waals surface area contributed by atoms with Crippen molar-refractivity contribution in [2.75, 3.05) is 13.8 Å². The molecule has 0 atom stereocenters. The van der Waals surface area contributed by atoms with Crippen LogP contribution in [-0.2, 0) is 14.3 Å². The first-order chi connectivity index (χ1) is 9.82. The summed E-state index contributed by atoms with van der Waals surface area (Å²) in [6, 6.07) is 0. The monoisotopic (exact) mass is 293 g/mol. The molecule has 0 saturated heterocycles. The second-order valence-electron chi connectivity index (χ2n) is 5.17. The molecule has 0 unspecified atom stereocenters. The summed E-state index contributed by atoms with van der Waals surface area (Å²) >= 11 is 0. The van der Waals surface area contributed by atoms with Crippen molar-refractivity contribution >= 4 is 11.8 Å². The first-order valence-electron chi connectivity index (χ1n) is 6.77. The number of nitrogens with one attached hydrogen (secondary N) is 2. The zero-order chi connectivity index (χ0) is 16.0. The molecular formula is C15H23N3O3. The molecule has 0 aromatic heterocycles. The largest absolute Gasteiger partial charge is 0.477 e. The Balaban J connectivity index is 2.85. The predicted molar refractivity (Wildman–Crippen MR) is 80.7 cm³/mol. The molecule has 0 aromatic carbocycles. The van der Waals surface area contributed by atoms with E-state index in [4.69, 9.17) is 4.74 Å². The number of allylic oxidation sites excluding steroid dienone is 3. The maximum atomic E-state index is 12.4. The molecule has 2 N–H and O–H groups in total. The van der Waals surface area contributed by atoms with Gasteiger partial charge < -0.3 is 15.4 Å². The molecule has 116 valence electrons. The minimum absolute atomic E-state index is 0.0686. The summed E-state index contributed by atoms with van der Waals surface area (Å²) in [6.07, 6.45) is 6.62. The number of carbonyl (C=O) groups excluding carboxylic acids is 2. The molecule has 1 aliphatic heterocycles. The number of nitrogens with zero attached hydrogens (tertiary/aromatic N) is 1. The van der Waals surface area contributed by atoms with Gasteiger partial charge in [0.25, 0.3) is 5.91 Å². The highest BCUT2D eigenvalue weighted by Gasteiger charge is 2.39. The summed E-state index contributed by atoms with van der Waals surface area (Å²) in [5, 5.41) is 5.65. The number of hydrogen-bond acceptors (Lipinski definition) is 4. The Kier molecular flexibility index (Phi) is 5.58. The standard InChI is InChI=1S/C15H23N3O3/c1-6-12(7-8-16-5)17-14(20)15(3,4)18-10-21-11(2)9-13(18)19/h6-9,16H,10H2,1-5H3,(H,17,20)/b8-7-,12-6+. The average Bonchev–Trinajstić information content (AvgIpc) is 2.42. The van der Waals surface area contributed by atoms with Crippen molar-refractivity contribution in [1.82, 2.24) is 15.5 Å². The molecule has 1 aliphatic rings. The summed E-state index contributed by atoms with van der Waals surface area (Å²) in [5.74, 6) is 0.0477. The van der Waals surface area contributed by atoms with Crippen molar-refractivity contribution in [3.05, 3.63) is 35.9 Å². The van der Waals surface area contributed by atoms with Crippen molar-refractivity contribution in [3.8, 4) is 0 Å². The van der Waals surface area contributed by atoms with Gasteiger partial charge in [0.2, 0.25) is 5.91 Å². The summed E-state index contributed by atoms with van der Waals surface area (Å²) in [7, 11) is 1.77. The lowest BCUT2D eigenvalue weighted by Gasteiger charge is -2.38.